The Morgan fingerprint density at radius 1 is 1.18 bits per heavy atom. The van der Waals surface area contributed by atoms with Crippen molar-refractivity contribution in [2.24, 2.45) is 0 Å². The fourth-order valence-electron chi connectivity index (χ4n) is 4.28. The van der Waals surface area contributed by atoms with Crippen LogP contribution in [0.25, 0.3) is 0 Å². The first-order valence-electron chi connectivity index (χ1n) is 11.0. The van der Waals surface area contributed by atoms with Crippen LogP contribution in [-0.2, 0) is 13.0 Å². The van der Waals surface area contributed by atoms with Crippen LogP contribution in [0.1, 0.15) is 39.9 Å². The quantitative estimate of drug-likeness (QED) is 0.401. The molecule has 8 heteroatoms. The van der Waals surface area contributed by atoms with Gasteiger partial charge in [0.15, 0.2) is 5.78 Å². The molecule has 0 bridgehead atoms. The van der Waals surface area contributed by atoms with E-state index in [2.05, 4.69) is 20.9 Å². The third-order valence-corrected chi connectivity index (χ3v) is 6.27. The highest BCUT2D eigenvalue weighted by Crippen LogP contribution is 2.35. The number of aliphatic hydroxyl groups excluding tert-OH is 1. The maximum Gasteiger partial charge on any atom is 0.173 e. The third kappa shape index (κ3) is 4.27. The van der Waals surface area contributed by atoms with Crippen LogP contribution in [0.2, 0.25) is 0 Å². The maximum absolute atomic E-state index is 14.5. The van der Waals surface area contributed by atoms with Crippen molar-refractivity contribution >= 4 is 28.7 Å². The van der Waals surface area contributed by atoms with Gasteiger partial charge >= 0.3 is 0 Å². The Bertz CT molecular complexity index is 1240. The zero-order valence-corrected chi connectivity index (χ0v) is 18.2. The van der Waals surface area contributed by atoms with Crippen LogP contribution in [0.5, 0.6) is 5.75 Å². The summed E-state index contributed by atoms with van der Waals surface area (Å²) in [5, 5.41) is 29.0. The first kappa shape index (κ1) is 21.4. The Labute approximate surface area is 190 Å². The van der Waals surface area contributed by atoms with Gasteiger partial charge in [0, 0.05) is 37.0 Å². The molecule has 0 amide bonds. The summed E-state index contributed by atoms with van der Waals surface area (Å²) in [5.74, 6) is -0.302. The van der Waals surface area contributed by atoms with Crippen molar-refractivity contribution in [2.45, 2.75) is 44.9 Å². The second kappa shape index (κ2) is 8.46. The topological polar surface area (TPSA) is 107 Å². The lowest BCUT2D eigenvalue weighted by Gasteiger charge is -2.32. The summed E-state index contributed by atoms with van der Waals surface area (Å²) in [6.07, 6.45) is 3.04. The summed E-state index contributed by atoms with van der Waals surface area (Å²) in [5.41, 5.74) is 3.98. The molecule has 33 heavy (non-hydrogen) atoms. The molecule has 0 saturated heterocycles. The standard InChI is InChI=1S/C25H25FN4O3/c1-13-6-18(26)21(11-22(13)32)29-20-4-5-27-25-24(20)23(33)8-15-7-14(2-3-19(15)30-25)12-28-16-9-17(31)10-16/h2-7,11,16-17,28,31-32H,8-10,12H2,1H3,(H2,27,29,30). The second-order valence-electron chi connectivity index (χ2n) is 8.75. The van der Waals surface area contributed by atoms with Gasteiger partial charge in [-0.1, -0.05) is 12.1 Å². The number of hydrogen-bond acceptors (Lipinski definition) is 7. The van der Waals surface area contributed by atoms with Crippen LogP contribution in [-0.4, -0.2) is 33.1 Å². The fraction of sp³-hybridized carbons (Fsp3) is 0.280. The average molecular weight is 448 g/mol. The molecule has 0 spiro atoms. The number of halogens is 1. The summed E-state index contributed by atoms with van der Waals surface area (Å²) in [7, 11) is 0. The summed E-state index contributed by atoms with van der Waals surface area (Å²) in [6.45, 7) is 2.28. The highest BCUT2D eigenvalue weighted by Gasteiger charge is 2.27. The number of rotatable bonds is 5. The molecule has 5 rings (SSSR count). The summed E-state index contributed by atoms with van der Waals surface area (Å²) < 4.78 is 14.5. The summed E-state index contributed by atoms with van der Waals surface area (Å²) in [4.78, 5) is 17.6. The normalized spacial score (nSPS) is 19.1. The van der Waals surface area contributed by atoms with Gasteiger partial charge in [0.2, 0.25) is 0 Å². The number of benzene rings is 2. The number of carbonyl (C=O) groups is 1. The number of phenolic OH excluding ortho intramolecular Hbond substituents is 1. The van der Waals surface area contributed by atoms with E-state index in [4.69, 9.17) is 0 Å². The molecule has 0 atom stereocenters. The van der Waals surface area contributed by atoms with Gasteiger partial charge in [0.25, 0.3) is 0 Å². The first-order valence-corrected chi connectivity index (χ1v) is 11.0. The van der Waals surface area contributed by atoms with Crippen molar-refractivity contribution < 1.29 is 19.4 Å². The Hall–Kier alpha value is -3.49. The van der Waals surface area contributed by atoms with Crippen molar-refractivity contribution in [1.82, 2.24) is 10.3 Å². The van der Waals surface area contributed by atoms with Gasteiger partial charge in [-0.25, -0.2) is 9.37 Å². The van der Waals surface area contributed by atoms with Crippen molar-refractivity contribution in [3.63, 3.8) is 0 Å². The van der Waals surface area contributed by atoms with Crippen molar-refractivity contribution in [3.8, 4) is 5.75 Å². The number of nitrogens with zero attached hydrogens (tertiary/aromatic N) is 1. The van der Waals surface area contributed by atoms with Gasteiger partial charge in [-0.2, -0.15) is 0 Å². The lowest BCUT2D eigenvalue weighted by Crippen LogP contribution is -2.43. The molecule has 0 radical (unpaired) electrons. The molecule has 0 unspecified atom stereocenters. The van der Waals surface area contributed by atoms with E-state index in [9.17, 15) is 19.4 Å². The smallest absolute Gasteiger partial charge is 0.173 e. The fourth-order valence-corrected chi connectivity index (χ4v) is 4.28. The van der Waals surface area contributed by atoms with Gasteiger partial charge in [0.1, 0.15) is 17.4 Å². The number of fused-ring (bicyclic) bond motifs is 2. The minimum atomic E-state index is -0.524. The van der Waals surface area contributed by atoms with Crippen LogP contribution in [0.15, 0.2) is 42.6 Å². The molecule has 7 nitrogen and oxygen atoms in total. The highest BCUT2D eigenvalue weighted by molar-refractivity contribution is 6.09. The molecular weight excluding hydrogens is 423 g/mol. The Kier molecular flexibility index (Phi) is 5.47. The van der Waals surface area contributed by atoms with Gasteiger partial charge < -0.3 is 26.2 Å². The maximum atomic E-state index is 14.5. The molecule has 2 aromatic carbocycles. The van der Waals surface area contributed by atoms with E-state index in [-0.39, 0.29) is 29.7 Å². The van der Waals surface area contributed by atoms with Gasteiger partial charge in [-0.05, 0) is 54.7 Å². The van der Waals surface area contributed by atoms with E-state index in [1.54, 1.807) is 19.2 Å². The summed E-state index contributed by atoms with van der Waals surface area (Å²) >= 11 is 0. The van der Waals surface area contributed by atoms with E-state index < -0.39 is 5.82 Å². The van der Waals surface area contributed by atoms with Gasteiger partial charge in [0.05, 0.1) is 23.0 Å². The number of aromatic hydroxyl groups is 1. The number of pyridine rings is 1. The van der Waals surface area contributed by atoms with Crippen LogP contribution in [0, 0.1) is 12.7 Å². The molecule has 2 aliphatic rings. The van der Waals surface area contributed by atoms with Crippen LogP contribution >= 0.6 is 0 Å². The minimum Gasteiger partial charge on any atom is -0.508 e. The second-order valence-corrected chi connectivity index (χ2v) is 8.75. The predicted molar refractivity (Wildman–Crippen MR) is 124 cm³/mol. The molecule has 1 aliphatic carbocycles. The van der Waals surface area contributed by atoms with E-state index in [1.165, 1.54) is 12.1 Å². The van der Waals surface area contributed by atoms with Gasteiger partial charge in [-0.15, -0.1) is 0 Å². The first-order chi connectivity index (χ1) is 15.9. The number of aliphatic hydroxyl groups is 1. The molecule has 170 valence electrons. The number of aryl methyl sites for hydroxylation is 1. The zero-order valence-electron chi connectivity index (χ0n) is 18.2. The molecule has 2 heterocycles. The zero-order chi connectivity index (χ0) is 23.1. The molecule has 3 aromatic rings. The highest BCUT2D eigenvalue weighted by atomic mass is 19.1. The number of hydrogen-bond donors (Lipinski definition) is 5. The SMILES string of the molecule is Cc1cc(F)c(Nc2ccnc3c2C(=O)Cc2cc(CNC4CC(O)C4)ccc2N3)cc1O. The van der Waals surface area contributed by atoms with E-state index in [1.807, 2.05) is 18.2 Å². The Balaban J connectivity index is 1.40. The van der Waals surface area contributed by atoms with Crippen LogP contribution in [0.4, 0.5) is 27.3 Å². The van der Waals surface area contributed by atoms with Crippen molar-refractivity contribution in [3.05, 3.63) is 70.7 Å². The number of ketones is 1. The Morgan fingerprint density at radius 3 is 2.79 bits per heavy atom. The number of carbonyl (C=O) groups excluding carboxylic acids is 1. The Morgan fingerprint density at radius 2 is 2.00 bits per heavy atom. The van der Waals surface area contributed by atoms with Gasteiger partial charge in [-0.3, -0.25) is 4.79 Å². The lowest BCUT2D eigenvalue weighted by atomic mass is 9.89. The average Bonchev–Trinajstić information content (AvgIpc) is 2.90. The number of phenols is 1. The van der Waals surface area contributed by atoms with Crippen molar-refractivity contribution in [2.75, 3.05) is 10.6 Å². The largest absolute Gasteiger partial charge is 0.508 e. The molecule has 1 aliphatic heterocycles. The molecule has 1 aromatic heterocycles. The minimum absolute atomic E-state index is 0.0338. The summed E-state index contributed by atoms with van der Waals surface area (Å²) in [6, 6.07) is 10.4. The number of anilines is 4. The molecule has 1 fully saturated rings. The molecule has 5 N–H and O–H groups in total. The van der Waals surface area contributed by atoms with Crippen molar-refractivity contribution in [1.29, 1.82) is 0 Å². The third-order valence-electron chi connectivity index (χ3n) is 6.27. The number of nitrogens with one attached hydrogen (secondary N) is 3. The van der Waals surface area contributed by atoms with E-state index in [0.717, 1.165) is 29.7 Å². The number of aromatic nitrogens is 1. The van der Waals surface area contributed by atoms with Crippen LogP contribution < -0.4 is 16.0 Å². The van der Waals surface area contributed by atoms with E-state index >= 15 is 0 Å². The lowest BCUT2D eigenvalue weighted by molar-refractivity contribution is 0.0619. The monoisotopic (exact) mass is 448 g/mol. The molecular formula is C25H25FN4O3. The van der Waals surface area contributed by atoms with Crippen LogP contribution in [0.3, 0.4) is 0 Å². The predicted octanol–water partition coefficient (Wildman–Crippen LogP) is 4.07. The molecule has 1 saturated carbocycles. The number of Topliss-reactive ketones (excluding diaryl/α,β-unsaturated/α-hetero) is 1. The van der Waals surface area contributed by atoms with E-state index in [0.29, 0.717) is 35.2 Å².